The molecule has 0 radical (unpaired) electrons. The van der Waals surface area contributed by atoms with Gasteiger partial charge in [0.1, 0.15) is 5.75 Å². The number of sulfonamides is 1. The van der Waals surface area contributed by atoms with Crippen molar-refractivity contribution in [2.75, 3.05) is 19.0 Å². The van der Waals surface area contributed by atoms with E-state index in [2.05, 4.69) is 15.4 Å². The van der Waals surface area contributed by atoms with Crippen molar-refractivity contribution in [3.63, 3.8) is 0 Å². The normalized spacial score (nSPS) is 11.7. The molecular formula is C16H25N3O6S. The number of hydrogen-bond acceptors (Lipinski definition) is 5. The maximum Gasteiger partial charge on any atom is 0.319 e. The summed E-state index contributed by atoms with van der Waals surface area (Å²) in [5, 5.41) is 13.6. The molecule has 0 heterocycles. The van der Waals surface area contributed by atoms with Crippen molar-refractivity contribution in [1.29, 1.82) is 0 Å². The van der Waals surface area contributed by atoms with E-state index >= 15 is 0 Å². The minimum Gasteiger partial charge on any atom is -0.495 e. The van der Waals surface area contributed by atoms with Crippen LogP contribution >= 0.6 is 0 Å². The molecule has 0 spiro atoms. The van der Waals surface area contributed by atoms with Crippen LogP contribution in [0.5, 0.6) is 5.75 Å². The number of carbonyl (C=O) groups excluding carboxylic acids is 1. The molecule has 10 heteroatoms. The number of benzene rings is 1. The number of ether oxygens (including phenoxy) is 1. The molecule has 2 amide bonds. The number of amides is 2. The number of carbonyl (C=O) groups is 2. The fourth-order valence-corrected chi connectivity index (χ4v) is 3.47. The zero-order chi connectivity index (χ0) is 20.0. The summed E-state index contributed by atoms with van der Waals surface area (Å²) in [6, 6.07) is 3.52. The number of hydrogen-bond donors (Lipinski definition) is 4. The first-order valence-electron chi connectivity index (χ1n) is 7.93. The fraction of sp³-hybridized carbons (Fsp3) is 0.500. The quantitative estimate of drug-likeness (QED) is 0.502. The number of nitrogens with one attached hydrogen (secondary N) is 3. The number of carboxylic acid groups (broad SMARTS) is 1. The lowest BCUT2D eigenvalue weighted by atomic mass is 10.1. The lowest BCUT2D eigenvalue weighted by Crippen LogP contribution is -2.40. The number of urea groups is 1. The summed E-state index contributed by atoms with van der Waals surface area (Å²) >= 11 is 0. The van der Waals surface area contributed by atoms with Gasteiger partial charge >= 0.3 is 12.0 Å². The monoisotopic (exact) mass is 387 g/mol. The smallest absolute Gasteiger partial charge is 0.319 e. The van der Waals surface area contributed by atoms with Gasteiger partial charge in [-0.15, -0.1) is 0 Å². The Kier molecular flexibility index (Phi) is 7.40. The number of carboxylic acids is 1. The third-order valence-electron chi connectivity index (χ3n) is 3.02. The van der Waals surface area contributed by atoms with Crippen LogP contribution in [0.4, 0.5) is 10.5 Å². The van der Waals surface area contributed by atoms with Crippen LogP contribution in [0.15, 0.2) is 23.1 Å². The zero-order valence-corrected chi connectivity index (χ0v) is 16.1. The molecule has 1 rings (SSSR count). The van der Waals surface area contributed by atoms with Gasteiger partial charge in [-0.25, -0.2) is 17.9 Å². The molecule has 4 N–H and O–H groups in total. The molecule has 0 bridgehead atoms. The molecule has 1 aromatic rings. The average Bonchev–Trinajstić information content (AvgIpc) is 2.49. The highest BCUT2D eigenvalue weighted by atomic mass is 32.2. The Hall–Kier alpha value is -2.33. The van der Waals surface area contributed by atoms with Gasteiger partial charge in [-0.1, -0.05) is 0 Å². The van der Waals surface area contributed by atoms with Crippen LogP contribution in [0, 0.1) is 0 Å². The Morgan fingerprint density at radius 1 is 1.23 bits per heavy atom. The minimum atomic E-state index is -3.77. The molecule has 26 heavy (non-hydrogen) atoms. The molecule has 0 unspecified atom stereocenters. The van der Waals surface area contributed by atoms with Crippen LogP contribution in [-0.2, 0) is 14.8 Å². The lowest BCUT2D eigenvalue weighted by Gasteiger charge is -2.21. The van der Waals surface area contributed by atoms with Crippen LogP contribution in [0.1, 0.15) is 33.6 Å². The SMILES string of the molecule is COc1ccc(S(=O)(=O)NC(C)(C)C)cc1NC(=O)NCCCC(=O)O. The van der Waals surface area contributed by atoms with Gasteiger partial charge in [-0.2, -0.15) is 0 Å². The van der Waals surface area contributed by atoms with Crippen molar-refractivity contribution in [3.05, 3.63) is 18.2 Å². The molecule has 0 atom stereocenters. The first-order chi connectivity index (χ1) is 11.9. The van der Waals surface area contributed by atoms with Gasteiger partial charge in [0.15, 0.2) is 0 Å². The highest BCUT2D eigenvalue weighted by molar-refractivity contribution is 7.89. The Morgan fingerprint density at radius 2 is 1.88 bits per heavy atom. The highest BCUT2D eigenvalue weighted by Gasteiger charge is 2.23. The maximum absolute atomic E-state index is 12.4. The third-order valence-corrected chi connectivity index (χ3v) is 4.78. The number of anilines is 1. The van der Waals surface area contributed by atoms with E-state index in [9.17, 15) is 18.0 Å². The summed E-state index contributed by atoms with van der Waals surface area (Å²) in [4.78, 5) is 22.3. The Labute approximate surface area is 153 Å². The largest absolute Gasteiger partial charge is 0.495 e. The van der Waals surface area contributed by atoms with E-state index in [0.29, 0.717) is 5.75 Å². The molecule has 0 saturated carbocycles. The molecule has 0 fully saturated rings. The summed E-state index contributed by atoms with van der Waals surface area (Å²) in [5.74, 6) is -0.654. The minimum absolute atomic E-state index is 0.0191. The van der Waals surface area contributed by atoms with E-state index in [-0.39, 0.29) is 30.0 Å². The van der Waals surface area contributed by atoms with E-state index in [4.69, 9.17) is 9.84 Å². The van der Waals surface area contributed by atoms with E-state index in [1.54, 1.807) is 20.8 Å². The van der Waals surface area contributed by atoms with E-state index in [0.717, 1.165) is 0 Å². The van der Waals surface area contributed by atoms with Gasteiger partial charge in [0, 0.05) is 18.5 Å². The summed E-state index contributed by atoms with van der Waals surface area (Å²) in [6.45, 7) is 5.33. The van der Waals surface area contributed by atoms with Crippen LogP contribution < -0.4 is 20.1 Å². The predicted octanol–water partition coefficient (Wildman–Crippen LogP) is 1.76. The van der Waals surface area contributed by atoms with Gasteiger partial charge in [0.05, 0.1) is 17.7 Å². The molecule has 0 aliphatic heterocycles. The number of aliphatic carboxylic acids is 1. The lowest BCUT2D eigenvalue weighted by molar-refractivity contribution is -0.137. The van der Waals surface area contributed by atoms with E-state index < -0.39 is 27.6 Å². The molecule has 1 aromatic carbocycles. The number of methoxy groups -OCH3 is 1. The van der Waals surface area contributed by atoms with Gasteiger partial charge in [-0.05, 0) is 45.4 Å². The van der Waals surface area contributed by atoms with Gasteiger partial charge < -0.3 is 20.5 Å². The maximum atomic E-state index is 12.4. The molecule has 0 aliphatic carbocycles. The summed E-state index contributed by atoms with van der Waals surface area (Å²) in [6.07, 6.45) is 0.222. The standard InChI is InChI=1S/C16H25N3O6S/c1-16(2,3)19-26(23,24)11-7-8-13(25-4)12(10-11)18-15(22)17-9-5-6-14(20)21/h7-8,10,19H,5-6,9H2,1-4H3,(H,20,21)(H2,17,18,22). The molecule has 0 aliphatic rings. The van der Waals surface area contributed by atoms with E-state index in [1.807, 2.05) is 0 Å². The first-order valence-corrected chi connectivity index (χ1v) is 9.41. The van der Waals surface area contributed by atoms with Crippen molar-refractivity contribution in [2.24, 2.45) is 0 Å². The zero-order valence-electron chi connectivity index (χ0n) is 15.3. The second kappa shape index (κ2) is 8.86. The summed E-state index contributed by atoms with van der Waals surface area (Å²) in [7, 11) is -2.38. The van der Waals surface area contributed by atoms with Crippen LogP contribution in [0.3, 0.4) is 0 Å². The van der Waals surface area contributed by atoms with Crippen LogP contribution in [0.25, 0.3) is 0 Å². The molecule has 146 valence electrons. The second-order valence-electron chi connectivity index (χ2n) is 6.60. The van der Waals surface area contributed by atoms with Crippen molar-refractivity contribution in [2.45, 2.75) is 44.0 Å². The summed E-state index contributed by atoms with van der Waals surface area (Å²) < 4.78 is 32.5. The molecule has 0 saturated heterocycles. The van der Waals surface area contributed by atoms with Crippen LogP contribution in [0.2, 0.25) is 0 Å². The summed E-state index contributed by atoms with van der Waals surface area (Å²) in [5.41, 5.74) is -0.478. The van der Waals surface area contributed by atoms with Crippen molar-refractivity contribution in [1.82, 2.24) is 10.0 Å². The third kappa shape index (κ3) is 7.28. The topological polar surface area (TPSA) is 134 Å². The average molecular weight is 387 g/mol. The Balaban J connectivity index is 2.90. The fourth-order valence-electron chi connectivity index (χ4n) is 2.02. The molecule has 0 aromatic heterocycles. The number of rotatable bonds is 8. The highest BCUT2D eigenvalue weighted by Crippen LogP contribution is 2.28. The molecular weight excluding hydrogens is 362 g/mol. The van der Waals surface area contributed by atoms with Crippen molar-refractivity contribution < 1.29 is 27.9 Å². The van der Waals surface area contributed by atoms with Gasteiger partial charge in [0.25, 0.3) is 0 Å². The van der Waals surface area contributed by atoms with Gasteiger partial charge in [0.2, 0.25) is 10.0 Å². The van der Waals surface area contributed by atoms with Gasteiger partial charge in [-0.3, -0.25) is 4.79 Å². The van der Waals surface area contributed by atoms with Crippen molar-refractivity contribution >= 4 is 27.7 Å². The second-order valence-corrected chi connectivity index (χ2v) is 8.28. The molecule has 9 nitrogen and oxygen atoms in total. The predicted molar refractivity (Wildman–Crippen MR) is 97.0 cm³/mol. The van der Waals surface area contributed by atoms with Crippen molar-refractivity contribution in [3.8, 4) is 5.75 Å². The Bertz CT molecular complexity index is 756. The van der Waals surface area contributed by atoms with E-state index in [1.165, 1.54) is 25.3 Å². The Morgan fingerprint density at radius 3 is 2.42 bits per heavy atom. The first kappa shape index (κ1) is 21.7. The van der Waals surface area contributed by atoms with Crippen LogP contribution in [-0.4, -0.2) is 44.7 Å².